The van der Waals surface area contributed by atoms with E-state index in [0.29, 0.717) is 21.0 Å². The molecular weight excluding hydrogens is 294 g/mol. The van der Waals surface area contributed by atoms with Crippen LogP contribution in [0.5, 0.6) is 0 Å². The first-order valence-electron chi connectivity index (χ1n) is 5.29. The van der Waals surface area contributed by atoms with Crippen LogP contribution in [-0.2, 0) is 0 Å². The van der Waals surface area contributed by atoms with Gasteiger partial charge in [0.25, 0.3) is 0 Å². The Morgan fingerprint density at radius 3 is 2.44 bits per heavy atom. The zero-order valence-corrected chi connectivity index (χ0v) is 12.1. The van der Waals surface area contributed by atoms with Crippen molar-refractivity contribution in [3.8, 4) is 0 Å². The van der Waals surface area contributed by atoms with Crippen molar-refractivity contribution in [3.63, 3.8) is 0 Å². The van der Waals surface area contributed by atoms with Crippen LogP contribution in [0.25, 0.3) is 0 Å². The van der Waals surface area contributed by atoms with Crippen LogP contribution in [0, 0.1) is 19.7 Å². The van der Waals surface area contributed by atoms with Crippen LogP contribution in [0.3, 0.4) is 0 Å². The molecule has 0 aliphatic carbocycles. The Kier molecular flexibility index (Phi) is 3.97. The topological polar surface area (TPSA) is 20.2 Å². The summed E-state index contributed by atoms with van der Waals surface area (Å²) in [6.07, 6.45) is -0.928. The summed E-state index contributed by atoms with van der Waals surface area (Å²) < 4.78 is 13.3. The molecule has 0 bridgehead atoms. The highest BCUT2D eigenvalue weighted by Gasteiger charge is 2.20. The van der Waals surface area contributed by atoms with Gasteiger partial charge in [-0.1, -0.05) is 23.2 Å². The SMILES string of the molecule is Cc1cc(C(O)c2scc(C)c2Cl)c(Cl)cc1F. The minimum Gasteiger partial charge on any atom is -0.383 e. The molecule has 0 radical (unpaired) electrons. The summed E-state index contributed by atoms with van der Waals surface area (Å²) in [7, 11) is 0. The number of aliphatic hydroxyl groups excluding tert-OH is 1. The monoisotopic (exact) mass is 304 g/mol. The third kappa shape index (κ3) is 2.41. The Morgan fingerprint density at radius 1 is 1.22 bits per heavy atom. The van der Waals surface area contributed by atoms with E-state index in [4.69, 9.17) is 23.2 Å². The van der Waals surface area contributed by atoms with Crippen molar-refractivity contribution in [1.82, 2.24) is 0 Å². The summed E-state index contributed by atoms with van der Waals surface area (Å²) >= 11 is 13.4. The molecule has 1 unspecified atom stereocenters. The smallest absolute Gasteiger partial charge is 0.127 e. The lowest BCUT2D eigenvalue weighted by atomic mass is 10.0. The van der Waals surface area contributed by atoms with Crippen LogP contribution in [0.4, 0.5) is 4.39 Å². The van der Waals surface area contributed by atoms with Gasteiger partial charge in [0, 0.05) is 10.6 Å². The largest absolute Gasteiger partial charge is 0.383 e. The van der Waals surface area contributed by atoms with Gasteiger partial charge in [0.1, 0.15) is 11.9 Å². The molecule has 0 saturated carbocycles. The highest BCUT2D eigenvalue weighted by atomic mass is 35.5. The Hall–Kier alpha value is -0.610. The Bertz CT molecular complexity index is 595. The van der Waals surface area contributed by atoms with Gasteiger partial charge in [-0.15, -0.1) is 11.3 Å². The van der Waals surface area contributed by atoms with Gasteiger partial charge in [-0.2, -0.15) is 0 Å². The van der Waals surface area contributed by atoms with Gasteiger partial charge in [0.05, 0.1) is 9.90 Å². The van der Waals surface area contributed by atoms with Crippen LogP contribution in [0.1, 0.15) is 27.7 Å². The van der Waals surface area contributed by atoms with Crippen molar-refractivity contribution < 1.29 is 9.50 Å². The fourth-order valence-corrected chi connectivity index (χ4v) is 3.22. The molecule has 5 heteroatoms. The average molecular weight is 305 g/mol. The quantitative estimate of drug-likeness (QED) is 0.837. The number of benzene rings is 1. The second-order valence-electron chi connectivity index (χ2n) is 4.12. The van der Waals surface area contributed by atoms with E-state index in [2.05, 4.69) is 0 Å². The molecule has 1 aromatic carbocycles. The second-order valence-corrected chi connectivity index (χ2v) is 5.82. The van der Waals surface area contributed by atoms with Gasteiger partial charge in [0.15, 0.2) is 0 Å². The lowest BCUT2D eigenvalue weighted by Crippen LogP contribution is -2.01. The minimum atomic E-state index is -0.928. The normalized spacial score (nSPS) is 12.8. The van der Waals surface area contributed by atoms with E-state index in [0.717, 1.165) is 5.56 Å². The molecule has 0 fully saturated rings. The number of aryl methyl sites for hydroxylation is 2. The number of halogens is 3. The van der Waals surface area contributed by atoms with Crippen LogP contribution in [-0.4, -0.2) is 5.11 Å². The molecule has 96 valence electrons. The lowest BCUT2D eigenvalue weighted by Gasteiger charge is -2.13. The van der Waals surface area contributed by atoms with Crippen LogP contribution in [0.2, 0.25) is 10.0 Å². The summed E-state index contributed by atoms with van der Waals surface area (Å²) in [6, 6.07) is 2.76. The Labute approximate surface area is 119 Å². The molecule has 2 rings (SSSR count). The molecular formula is C13H11Cl2FOS. The van der Waals surface area contributed by atoms with E-state index in [1.807, 2.05) is 12.3 Å². The third-order valence-corrected chi connectivity index (χ3v) is 4.84. The number of hydrogen-bond acceptors (Lipinski definition) is 2. The standard InChI is InChI=1S/C13H11Cl2FOS/c1-6-3-8(9(14)4-10(6)16)12(17)13-11(15)7(2)5-18-13/h3-5,12,17H,1-2H3. The van der Waals surface area contributed by atoms with Crippen molar-refractivity contribution in [1.29, 1.82) is 0 Å². The lowest BCUT2D eigenvalue weighted by molar-refractivity contribution is 0.224. The second kappa shape index (κ2) is 5.17. The molecule has 1 aromatic heterocycles. The fraction of sp³-hybridized carbons (Fsp3) is 0.231. The van der Waals surface area contributed by atoms with Gasteiger partial charge in [-0.25, -0.2) is 4.39 Å². The van der Waals surface area contributed by atoms with E-state index < -0.39 is 6.10 Å². The highest BCUT2D eigenvalue weighted by molar-refractivity contribution is 7.10. The predicted octanol–water partition coefficient (Wildman–Crippen LogP) is 4.89. The molecule has 0 aliphatic rings. The maximum absolute atomic E-state index is 13.3. The third-order valence-electron chi connectivity index (χ3n) is 2.75. The number of rotatable bonds is 2. The maximum Gasteiger partial charge on any atom is 0.127 e. The number of thiophene rings is 1. The molecule has 1 nitrogen and oxygen atoms in total. The van der Waals surface area contributed by atoms with E-state index in [1.54, 1.807) is 13.0 Å². The molecule has 0 aliphatic heterocycles. The van der Waals surface area contributed by atoms with Crippen LogP contribution >= 0.6 is 34.5 Å². The van der Waals surface area contributed by atoms with E-state index in [9.17, 15) is 9.50 Å². The fourth-order valence-electron chi connectivity index (χ4n) is 1.66. The summed E-state index contributed by atoms with van der Waals surface area (Å²) in [4.78, 5) is 0.627. The molecule has 1 atom stereocenters. The van der Waals surface area contributed by atoms with Gasteiger partial charge in [-0.05, 0) is 42.5 Å². The first kappa shape index (κ1) is 13.8. The van der Waals surface area contributed by atoms with Gasteiger partial charge >= 0.3 is 0 Å². The molecule has 0 saturated heterocycles. The molecule has 2 aromatic rings. The average Bonchev–Trinajstić information content (AvgIpc) is 2.64. The Morgan fingerprint density at radius 2 is 1.89 bits per heavy atom. The van der Waals surface area contributed by atoms with E-state index >= 15 is 0 Å². The maximum atomic E-state index is 13.3. The molecule has 18 heavy (non-hydrogen) atoms. The van der Waals surface area contributed by atoms with E-state index in [-0.39, 0.29) is 10.8 Å². The first-order chi connectivity index (χ1) is 8.41. The molecule has 0 amide bonds. The predicted molar refractivity (Wildman–Crippen MR) is 74.3 cm³/mol. The van der Waals surface area contributed by atoms with Crippen LogP contribution < -0.4 is 0 Å². The number of hydrogen-bond donors (Lipinski definition) is 1. The zero-order chi connectivity index (χ0) is 13.4. The molecule has 1 heterocycles. The summed E-state index contributed by atoms with van der Waals surface area (Å²) in [5, 5.41) is 12.9. The van der Waals surface area contributed by atoms with Gasteiger partial charge < -0.3 is 5.11 Å². The highest BCUT2D eigenvalue weighted by Crippen LogP contribution is 2.38. The molecule has 0 spiro atoms. The van der Waals surface area contributed by atoms with Crippen molar-refractivity contribution in [2.75, 3.05) is 0 Å². The van der Waals surface area contributed by atoms with Gasteiger partial charge in [0.2, 0.25) is 0 Å². The van der Waals surface area contributed by atoms with Gasteiger partial charge in [-0.3, -0.25) is 0 Å². The van der Waals surface area contributed by atoms with Crippen LogP contribution in [0.15, 0.2) is 17.5 Å². The summed E-state index contributed by atoms with van der Waals surface area (Å²) in [6.45, 7) is 3.50. The van der Waals surface area contributed by atoms with Crippen molar-refractivity contribution >= 4 is 34.5 Å². The first-order valence-corrected chi connectivity index (χ1v) is 6.92. The molecule has 1 N–H and O–H groups in total. The number of aliphatic hydroxyl groups is 1. The summed E-state index contributed by atoms with van der Waals surface area (Å²) in [5.41, 5.74) is 1.82. The minimum absolute atomic E-state index is 0.202. The Balaban J connectivity index is 2.49. The van der Waals surface area contributed by atoms with Crippen molar-refractivity contribution in [2.24, 2.45) is 0 Å². The van der Waals surface area contributed by atoms with E-state index in [1.165, 1.54) is 17.4 Å². The summed E-state index contributed by atoms with van der Waals surface area (Å²) in [5.74, 6) is -0.385. The zero-order valence-electron chi connectivity index (χ0n) is 9.80. The van der Waals surface area contributed by atoms with Crippen molar-refractivity contribution in [2.45, 2.75) is 20.0 Å². The van der Waals surface area contributed by atoms with Crippen molar-refractivity contribution in [3.05, 3.63) is 54.9 Å².